The molecule has 1 heterocycles. The zero-order chi connectivity index (χ0) is 18.5. The smallest absolute Gasteiger partial charge is 0.0618 e. The van der Waals surface area contributed by atoms with E-state index in [1.54, 1.807) is 10.9 Å². The van der Waals surface area contributed by atoms with Crippen LogP contribution in [0.25, 0.3) is 0 Å². The molecule has 27 heavy (non-hydrogen) atoms. The normalized spacial score (nSPS) is 20.1. The van der Waals surface area contributed by atoms with E-state index >= 15 is 0 Å². The van der Waals surface area contributed by atoms with Crippen molar-refractivity contribution in [2.24, 2.45) is 0 Å². The first-order valence-corrected chi connectivity index (χ1v) is 11.2. The van der Waals surface area contributed by atoms with Crippen molar-refractivity contribution in [3.8, 4) is 0 Å². The van der Waals surface area contributed by atoms with Gasteiger partial charge in [-0.1, -0.05) is 72.8 Å². The highest BCUT2D eigenvalue weighted by Crippen LogP contribution is 2.48. The first-order chi connectivity index (χ1) is 13.4. The first-order valence-electron chi connectivity index (χ1n) is 9.88. The fraction of sp³-hybridized carbons (Fsp3) is 0.333. The molecular weight excluding hydrogens is 349 g/mol. The average Bonchev–Trinajstić information content (AvgIpc) is 3.35. The molecule has 0 bridgehead atoms. The Labute approximate surface area is 164 Å². The molecule has 0 aromatic heterocycles. The van der Waals surface area contributed by atoms with Gasteiger partial charge in [-0.2, -0.15) is 0 Å². The van der Waals surface area contributed by atoms with Gasteiger partial charge in [-0.05, 0) is 55.2 Å². The number of hydrogen-bond donors (Lipinski definition) is 0. The van der Waals surface area contributed by atoms with Gasteiger partial charge in [-0.25, -0.2) is 0 Å². The van der Waals surface area contributed by atoms with Crippen molar-refractivity contribution in [3.63, 3.8) is 0 Å². The Hall–Kier alpha value is -1.73. The number of allylic oxidation sites excluding steroid dienone is 3. The Morgan fingerprint density at radius 3 is 2.30 bits per heavy atom. The number of ether oxygens (including phenoxy) is 1. The van der Waals surface area contributed by atoms with Gasteiger partial charge in [0.1, 0.15) is 0 Å². The maximum Gasteiger partial charge on any atom is 0.0618 e. The number of rotatable bonds is 7. The van der Waals surface area contributed by atoms with E-state index in [1.165, 1.54) is 30.0 Å². The zero-order valence-corrected chi connectivity index (χ0v) is 16.9. The maximum absolute atomic E-state index is 5.46. The molecule has 4 rings (SSSR count). The predicted octanol–water partition coefficient (Wildman–Crippen LogP) is 4.44. The summed E-state index contributed by atoms with van der Waals surface area (Å²) < 4.78 is 5.46. The Morgan fingerprint density at radius 2 is 1.67 bits per heavy atom. The molecule has 140 valence electrons. The van der Waals surface area contributed by atoms with E-state index in [1.807, 2.05) is 7.11 Å². The summed E-state index contributed by atoms with van der Waals surface area (Å²) in [5, 5.41) is 4.42. The van der Waals surface area contributed by atoms with Gasteiger partial charge in [0.15, 0.2) is 0 Å². The van der Waals surface area contributed by atoms with Gasteiger partial charge in [0.2, 0.25) is 0 Å². The van der Waals surface area contributed by atoms with Gasteiger partial charge >= 0.3 is 0 Å². The summed E-state index contributed by atoms with van der Waals surface area (Å²) in [6.45, 7) is 3.12. The lowest BCUT2D eigenvalue weighted by Gasteiger charge is -2.27. The number of methoxy groups -OCH3 is 1. The predicted molar refractivity (Wildman–Crippen MR) is 116 cm³/mol. The van der Waals surface area contributed by atoms with Crippen molar-refractivity contribution in [3.05, 3.63) is 83.7 Å². The summed E-state index contributed by atoms with van der Waals surface area (Å²) >= 11 is 0. The summed E-state index contributed by atoms with van der Waals surface area (Å²) in [6.07, 6.45) is 8.38. The summed E-state index contributed by atoms with van der Waals surface area (Å²) in [4.78, 5) is 2.63. The van der Waals surface area contributed by atoms with Crippen LogP contribution >= 0.6 is 7.92 Å². The number of nitrogens with zero attached hydrogens (tertiary/aromatic N) is 1. The summed E-state index contributed by atoms with van der Waals surface area (Å²) in [5.74, 6) is 0. The van der Waals surface area contributed by atoms with Crippen molar-refractivity contribution in [1.29, 1.82) is 0 Å². The minimum atomic E-state index is -0.499. The van der Waals surface area contributed by atoms with E-state index in [9.17, 15) is 0 Å². The lowest BCUT2D eigenvalue weighted by Crippen LogP contribution is -2.34. The Bertz CT molecular complexity index is 760. The molecule has 0 N–H and O–H groups in total. The van der Waals surface area contributed by atoms with Crippen LogP contribution in [-0.2, 0) is 4.74 Å². The third kappa shape index (κ3) is 4.24. The second kappa shape index (κ2) is 8.97. The van der Waals surface area contributed by atoms with Crippen LogP contribution in [0.15, 0.2) is 83.7 Å². The standard InChI is InChI=1S/C24H28NOP/c1-26-19-21-11-9-17-25(21)18-20-10-8-16-24(20)27(22-12-4-2-5-13-22)23-14-6-3-7-15-23/h2-8,12-16,21H,9-11,17-19H2,1H3/t21-/m0/s1. The van der Waals surface area contributed by atoms with Crippen molar-refractivity contribution >= 4 is 18.5 Å². The molecule has 0 unspecified atom stereocenters. The van der Waals surface area contributed by atoms with E-state index in [-0.39, 0.29) is 0 Å². The molecule has 2 aromatic rings. The third-order valence-corrected chi connectivity index (χ3v) is 8.10. The number of likely N-dealkylation sites (tertiary alicyclic amines) is 1. The van der Waals surface area contributed by atoms with Gasteiger partial charge in [0.25, 0.3) is 0 Å². The van der Waals surface area contributed by atoms with Crippen molar-refractivity contribution < 1.29 is 4.74 Å². The number of hydrogen-bond acceptors (Lipinski definition) is 2. The van der Waals surface area contributed by atoms with Crippen LogP contribution in [0.2, 0.25) is 0 Å². The second-order valence-corrected chi connectivity index (χ2v) is 9.51. The van der Waals surface area contributed by atoms with Gasteiger partial charge in [0.05, 0.1) is 6.61 Å². The molecule has 0 amide bonds. The minimum Gasteiger partial charge on any atom is -0.383 e. The first kappa shape index (κ1) is 18.6. The molecule has 2 aliphatic rings. The minimum absolute atomic E-state index is 0.499. The highest BCUT2D eigenvalue weighted by Gasteiger charge is 2.28. The molecule has 3 heteroatoms. The molecule has 1 saturated heterocycles. The van der Waals surface area contributed by atoms with Crippen LogP contribution in [0.4, 0.5) is 0 Å². The SMILES string of the molecule is COC[C@@H]1CCCN1CC1=C(P(c2ccccc2)c2ccccc2)C=CC1. The molecule has 0 spiro atoms. The molecule has 1 atom stereocenters. The topological polar surface area (TPSA) is 12.5 Å². The summed E-state index contributed by atoms with van der Waals surface area (Å²) in [7, 11) is 1.32. The van der Waals surface area contributed by atoms with E-state index in [0.29, 0.717) is 6.04 Å². The molecule has 2 nitrogen and oxygen atoms in total. The lowest BCUT2D eigenvalue weighted by molar-refractivity contribution is 0.120. The quantitative estimate of drug-likeness (QED) is 0.661. The maximum atomic E-state index is 5.46. The molecule has 2 aromatic carbocycles. The average molecular weight is 377 g/mol. The zero-order valence-electron chi connectivity index (χ0n) is 16.1. The van der Waals surface area contributed by atoms with E-state index in [2.05, 4.69) is 77.7 Å². The second-order valence-electron chi connectivity index (χ2n) is 7.32. The van der Waals surface area contributed by atoms with Crippen molar-refractivity contribution in [2.45, 2.75) is 25.3 Å². The molecular formula is C24H28NOP. The Balaban J connectivity index is 1.67. The molecule has 1 aliphatic carbocycles. The van der Waals surface area contributed by atoms with E-state index in [0.717, 1.165) is 19.6 Å². The molecule has 0 radical (unpaired) electrons. The third-order valence-electron chi connectivity index (χ3n) is 5.52. The Kier molecular flexibility index (Phi) is 6.19. The number of benzene rings is 2. The van der Waals surface area contributed by atoms with Gasteiger partial charge in [0, 0.05) is 19.7 Å². The highest BCUT2D eigenvalue weighted by molar-refractivity contribution is 7.77. The fourth-order valence-corrected chi connectivity index (χ4v) is 6.75. The monoisotopic (exact) mass is 377 g/mol. The lowest BCUT2D eigenvalue weighted by atomic mass is 10.2. The van der Waals surface area contributed by atoms with Crippen LogP contribution < -0.4 is 10.6 Å². The van der Waals surface area contributed by atoms with Crippen LogP contribution in [0.3, 0.4) is 0 Å². The van der Waals surface area contributed by atoms with Gasteiger partial charge in [-0.3, -0.25) is 4.90 Å². The highest BCUT2D eigenvalue weighted by atomic mass is 31.1. The Morgan fingerprint density at radius 1 is 1.00 bits per heavy atom. The summed E-state index contributed by atoms with van der Waals surface area (Å²) in [6, 6.07) is 22.6. The van der Waals surface area contributed by atoms with E-state index < -0.39 is 7.92 Å². The van der Waals surface area contributed by atoms with Gasteiger partial charge < -0.3 is 4.74 Å². The van der Waals surface area contributed by atoms with Gasteiger partial charge in [-0.15, -0.1) is 0 Å². The van der Waals surface area contributed by atoms with Crippen LogP contribution in [-0.4, -0.2) is 37.7 Å². The largest absolute Gasteiger partial charge is 0.383 e. The molecule has 1 fully saturated rings. The summed E-state index contributed by atoms with van der Waals surface area (Å²) in [5.41, 5.74) is 1.59. The van der Waals surface area contributed by atoms with Crippen molar-refractivity contribution in [1.82, 2.24) is 4.90 Å². The fourth-order valence-electron chi connectivity index (χ4n) is 4.22. The van der Waals surface area contributed by atoms with Crippen LogP contribution in [0, 0.1) is 0 Å². The van der Waals surface area contributed by atoms with Crippen LogP contribution in [0.5, 0.6) is 0 Å². The molecule has 1 aliphatic heterocycles. The van der Waals surface area contributed by atoms with E-state index in [4.69, 9.17) is 4.74 Å². The molecule has 0 saturated carbocycles. The van der Waals surface area contributed by atoms with Crippen LogP contribution in [0.1, 0.15) is 19.3 Å². The van der Waals surface area contributed by atoms with Crippen molar-refractivity contribution in [2.75, 3.05) is 26.8 Å².